The third-order valence-electron chi connectivity index (χ3n) is 5.71. The van der Waals surface area contributed by atoms with Crippen LogP contribution in [0.2, 0.25) is 5.02 Å². The molecular weight excluding hydrogens is 517 g/mol. The Labute approximate surface area is 213 Å². The molecule has 0 radical (unpaired) electrons. The molecule has 1 aliphatic rings. The zero-order chi connectivity index (χ0) is 25.2. The lowest BCUT2D eigenvalue weighted by Gasteiger charge is -2.45. The fourth-order valence-corrected chi connectivity index (χ4v) is 6.07. The highest BCUT2D eigenvalue weighted by molar-refractivity contribution is 8.02. The first-order valence-corrected chi connectivity index (χ1v) is 12.6. The van der Waals surface area contributed by atoms with Crippen molar-refractivity contribution in [2.45, 2.75) is 23.6 Å². The van der Waals surface area contributed by atoms with Crippen LogP contribution in [0.25, 0.3) is 0 Å². The number of nitrogens with one attached hydrogen (secondary N) is 1. The number of allylic oxidation sites excluding steroid dienone is 1. The third-order valence-corrected chi connectivity index (χ3v) is 8.03. The van der Waals surface area contributed by atoms with Crippen molar-refractivity contribution < 1.29 is 23.1 Å². The van der Waals surface area contributed by atoms with Crippen LogP contribution in [0.4, 0.5) is 13.2 Å². The molecule has 0 amide bonds. The number of carbonyl (C=O) groups is 1. The summed E-state index contributed by atoms with van der Waals surface area (Å²) in [7, 11) is 0. The lowest BCUT2D eigenvalue weighted by Crippen LogP contribution is -2.66. The average Bonchev–Trinajstić information content (AvgIpc) is 3.37. The minimum Gasteiger partial charge on any atom is -0.363 e. The number of Topliss-reactive ketones (excluding diaryl/α,β-unsaturated/α-hetero) is 1. The highest BCUT2D eigenvalue weighted by Gasteiger charge is 2.66. The van der Waals surface area contributed by atoms with Crippen molar-refractivity contribution >= 4 is 40.5 Å². The molecule has 2 N–H and O–H groups in total. The van der Waals surface area contributed by atoms with Gasteiger partial charge in [0.1, 0.15) is 0 Å². The first kappa shape index (κ1) is 25.3. The van der Waals surface area contributed by atoms with Crippen LogP contribution in [0, 0.1) is 17.2 Å². The number of carbonyl (C=O) groups excluding carboxylic acids is 1. The van der Waals surface area contributed by atoms with Crippen molar-refractivity contribution in [1.29, 1.82) is 5.26 Å². The molecule has 0 bridgehead atoms. The van der Waals surface area contributed by atoms with Gasteiger partial charge in [0.05, 0.1) is 27.5 Å². The summed E-state index contributed by atoms with van der Waals surface area (Å²) < 4.78 is 43.6. The number of alkyl halides is 3. The van der Waals surface area contributed by atoms with E-state index in [0.717, 1.165) is 28.7 Å². The van der Waals surface area contributed by atoms with Crippen LogP contribution in [0.15, 0.2) is 82.7 Å². The van der Waals surface area contributed by atoms with E-state index in [9.17, 15) is 28.3 Å². The predicted octanol–water partition coefficient (Wildman–Crippen LogP) is 6.51. The Morgan fingerprint density at radius 2 is 1.83 bits per heavy atom. The first-order valence-electron chi connectivity index (χ1n) is 10.4. The molecule has 3 atom stereocenters. The number of halogens is 4. The van der Waals surface area contributed by atoms with Crippen LogP contribution in [0.5, 0.6) is 0 Å². The van der Waals surface area contributed by atoms with E-state index in [1.54, 1.807) is 41.8 Å². The summed E-state index contributed by atoms with van der Waals surface area (Å²) in [4.78, 5) is 13.5. The van der Waals surface area contributed by atoms with Crippen molar-refractivity contribution in [1.82, 2.24) is 5.32 Å². The summed E-state index contributed by atoms with van der Waals surface area (Å²) in [6.45, 7) is 0. The summed E-state index contributed by atoms with van der Waals surface area (Å²) in [6, 6.07) is 20.0. The van der Waals surface area contributed by atoms with Crippen LogP contribution in [0.3, 0.4) is 0 Å². The number of hydrogen-bond acceptors (Lipinski definition) is 6. The number of nitrogens with zero attached hydrogens (tertiary/aromatic N) is 1. The number of thiophene rings is 1. The minimum atomic E-state index is -5.25. The monoisotopic (exact) mass is 534 g/mol. The SMILES string of the molecule is N#CC1=C(SCc2ccccc2)N[C@](O)(C(F)(F)F)[C@H](C(=O)c2cccs2)[C@@H]1c1ccccc1Cl. The molecule has 180 valence electrons. The van der Waals surface area contributed by atoms with Gasteiger partial charge in [-0.3, -0.25) is 4.79 Å². The molecule has 4 rings (SSSR count). The summed E-state index contributed by atoms with van der Waals surface area (Å²) in [5.41, 5.74) is -2.77. The van der Waals surface area contributed by atoms with Crippen LogP contribution < -0.4 is 5.32 Å². The third kappa shape index (κ3) is 4.84. The molecule has 10 heteroatoms. The van der Waals surface area contributed by atoms with E-state index < -0.39 is 29.5 Å². The zero-order valence-corrected chi connectivity index (χ0v) is 20.3. The van der Waals surface area contributed by atoms with E-state index >= 15 is 0 Å². The van der Waals surface area contributed by atoms with Gasteiger partial charge in [0.15, 0.2) is 5.78 Å². The molecule has 0 unspecified atom stereocenters. The maximum absolute atomic E-state index is 14.5. The van der Waals surface area contributed by atoms with E-state index in [1.807, 2.05) is 12.1 Å². The molecule has 4 nitrogen and oxygen atoms in total. The zero-order valence-electron chi connectivity index (χ0n) is 17.9. The summed E-state index contributed by atoms with van der Waals surface area (Å²) in [6.07, 6.45) is -5.25. The van der Waals surface area contributed by atoms with Crippen molar-refractivity contribution in [2.24, 2.45) is 5.92 Å². The van der Waals surface area contributed by atoms with Crippen molar-refractivity contribution in [3.63, 3.8) is 0 Å². The second kappa shape index (κ2) is 10.1. The smallest absolute Gasteiger partial charge is 0.363 e. The van der Waals surface area contributed by atoms with Crippen LogP contribution in [0.1, 0.15) is 26.7 Å². The first-order chi connectivity index (χ1) is 16.7. The van der Waals surface area contributed by atoms with Gasteiger partial charge in [0, 0.05) is 16.7 Å². The second-order valence-corrected chi connectivity index (χ2v) is 10.2. The molecule has 0 aliphatic carbocycles. The van der Waals surface area contributed by atoms with Crippen molar-refractivity contribution in [3.8, 4) is 6.07 Å². The van der Waals surface area contributed by atoms with Crippen LogP contribution in [-0.2, 0) is 5.75 Å². The molecule has 0 saturated heterocycles. The fourth-order valence-electron chi connectivity index (χ4n) is 4.05. The Morgan fingerprint density at radius 1 is 1.14 bits per heavy atom. The molecule has 3 aromatic rings. The molecule has 0 spiro atoms. The van der Waals surface area contributed by atoms with Gasteiger partial charge in [0.2, 0.25) is 5.72 Å². The Bertz CT molecular complexity index is 1290. The number of thioether (sulfide) groups is 1. The Morgan fingerprint density at radius 3 is 2.43 bits per heavy atom. The lowest BCUT2D eigenvalue weighted by atomic mass is 9.70. The van der Waals surface area contributed by atoms with Crippen LogP contribution >= 0.6 is 34.7 Å². The molecule has 1 aliphatic heterocycles. The van der Waals surface area contributed by atoms with E-state index in [-0.39, 0.29) is 31.8 Å². The molecule has 0 fully saturated rings. The number of benzene rings is 2. The van der Waals surface area contributed by atoms with Gasteiger partial charge in [0.25, 0.3) is 0 Å². The van der Waals surface area contributed by atoms with E-state index in [4.69, 9.17) is 11.6 Å². The van der Waals surface area contributed by atoms with Gasteiger partial charge in [-0.15, -0.1) is 23.1 Å². The molecule has 2 aromatic carbocycles. The summed E-state index contributed by atoms with van der Waals surface area (Å²) in [5.74, 6) is -4.22. The van der Waals surface area contributed by atoms with Gasteiger partial charge >= 0.3 is 6.18 Å². The number of hydrogen-bond donors (Lipinski definition) is 2. The minimum absolute atomic E-state index is 0.0363. The highest BCUT2D eigenvalue weighted by Crippen LogP contribution is 2.52. The van der Waals surface area contributed by atoms with E-state index in [1.165, 1.54) is 24.3 Å². The molecule has 35 heavy (non-hydrogen) atoms. The van der Waals surface area contributed by atoms with E-state index in [2.05, 4.69) is 5.32 Å². The van der Waals surface area contributed by atoms with Gasteiger partial charge in [-0.25, -0.2) is 0 Å². The van der Waals surface area contributed by atoms with Gasteiger partial charge < -0.3 is 10.4 Å². The maximum atomic E-state index is 14.5. The average molecular weight is 535 g/mol. The van der Waals surface area contributed by atoms with E-state index in [0.29, 0.717) is 0 Å². The van der Waals surface area contributed by atoms with Crippen molar-refractivity contribution in [3.05, 3.63) is 104 Å². The standard InChI is InChI=1S/C25H18ClF3N2O2S2/c26-18-10-5-4-9-16(18)20-17(13-30)23(35-14-15-7-2-1-3-8-15)31-24(33,25(27,28)29)21(20)22(32)19-11-6-12-34-19/h1-12,20-21,31,33H,14H2/t20-,21+,24-/m1/s1. The number of nitriles is 1. The number of ketones is 1. The molecular formula is C25H18ClF3N2O2S2. The van der Waals surface area contributed by atoms with Crippen LogP contribution in [-0.4, -0.2) is 22.8 Å². The Hall–Kier alpha value is -2.77. The number of aliphatic hydroxyl groups is 1. The molecule has 0 saturated carbocycles. The lowest BCUT2D eigenvalue weighted by molar-refractivity contribution is -0.285. The number of rotatable bonds is 6. The Balaban J connectivity index is 1.92. The Kier molecular flexibility index (Phi) is 7.29. The van der Waals surface area contributed by atoms with Crippen molar-refractivity contribution in [2.75, 3.05) is 0 Å². The quantitative estimate of drug-likeness (QED) is 0.353. The molecule has 1 aromatic heterocycles. The molecule has 2 heterocycles. The second-order valence-electron chi connectivity index (χ2n) is 7.84. The van der Waals surface area contributed by atoms with Gasteiger partial charge in [-0.1, -0.05) is 66.2 Å². The summed E-state index contributed by atoms with van der Waals surface area (Å²) >= 11 is 8.29. The summed E-state index contributed by atoms with van der Waals surface area (Å²) in [5, 5.41) is 24.9. The topological polar surface area (TPSA) is 73.1 Å². The normalized spacial score (nSPS) is 22.4. The fraction of sp³-hybridized carbons (Fsp3) is 0.200. The predicted molar refractivity (Wildman–Crippen MR) is 131 cm³/mol. The largest absolute Gasteiger partial charge is 0.437 e. The van der Waals surface area contributed by atoms with Gasteiger partial charge in [-0.05, 0) is 28.6 Å². The van der Waals surface area contributed by atoms with Gasteiger partial charge in [-0.2, -0.15) is 18.4 Å². The maximum Gasteiger partial charge on any atom is 0.437 e. The highest BCUT2D eigenvalue weighted by atomic mass is 35.5.